The minimum atomic E-state index is -3.59. The summed E-state index contributed by atoms with van der Waals surface area (Å²) in [5.41, 5.74) is 5.78. The summed E-state index contributed by atoms with van der Waals surface area (Å²) in [6.07, 6.45) is 2.47. The number of amides is 1. The Balaban J connectivity index is 0.00000288. The van der Waals surface area contributed by atoms with Crippen molar-refractivity contribution in [3.63, 3.8) is 0 Å². The summed E-state index contributed by atoms with van der Waals surface area (Å²) in [5, 5.41) is 2.72. The zero-order chi connectivity index (χ0) is 16.7. The molecule has 4 N–H and O–H groups in total. The van der Waals surface area contributed by atoms with Gasteiger partial charge in [-0.1, -0.05) is 0 Å². The summed E-state index contributed by atoms with van der Waals surface area (Å²) >= 11 is 0. The van der Waals surface area contributed by atoms with Gasteiger partial charge in [0.15, 0.2) is 0 Å². The van der Waals surface area contributed by atoms with Crippen LogP contribution in [-0.2, 0) is 14.8 Å². The fourth-order valence-corrected chi connectivity index (χ4v) is 3.35. The van der Waals surface area contributed by atoms with Crippen LogP contribution in [-0.4, -0.2) is 46.7 Å². The molecule has 7 nitrogen and oxygen atoms in total. The molecular formula is C15H24ClN3O4S. The van der Waals surface area contributed by atoms with Crippen LogP contribution in [0.2, 0.25) is 0 Å². The monoisotopic (exact) mass is 377 g/mol. The van der Waals surface area contributed by atoms with Crippen molar-refractivity contribution >= 4 is 28.3 Å². The first-order valence-corrected chi connectivity index (χ1v) is 9.21. The normalized spacial score (nSPS) is 17.3. The number of sulfonamides is 1. The summed E-state index contributed by atoms with van der Waals surface area (Å²) < 4.78 is 32.3. The molecule has 2 rings (SSSR count). The standard InChI is InChI=1S/C15H23N3O4S.ClH/c16-8-2-9-17-15(19)12-4-6-14(7-5-12)23(20,21)18-11-13-3-1-10-22-13;/h4-7,13,18H,1-3,8-11,16H2,(H,17,19);1H. The Morgan fingerprint density at radius 2 is 2.00 bits per heavy atom. The van der Waals surface area contributed by atoms with Crippen LogP contribution >= 0.6 is 12.4 Å². The van der Waals surface area contributed by atoms with Gasteiger partial charge in [0.1, 0.15) is 0 Å². The second kappa shape index (κ2) is 9.95. The lowest BCUT2D eigenvalue weighted by Gasteiger charge is -2.11. The lowest BCUT2D eigenvalue weighted by molar-refractivity contribution is 0.0953. The van der Waals surface area contributed by atoms with Gasteiger partial charge in [-0.3, -0.25) is 4.79 Å². The Hall–Kier alpha value is -1.19. The number of carbonyl (C=O) groups excluding carboxylic acids is 1. The number of hydrogen-bond acceptors (Lipinski definition) is 5. The van der Waals surface area contributed by atoms with E-state index in [-0.39, 0.29) is 35.9 Å². The molecule has 1 atom stereocenters. The fourth-order valence-electron chi connectivity index (χ4n) is 2.28. The molecule has 1 aliphatic rings. The zero-order valence-corrected chi connectivity index (χ0v) is 15.0. The number of ether oxygens (including phenoxy) is 1. The minimum Gasteiger partial charge on any atom is -0.377 e. The molecule has 0 aromatic heterocycles. The first-order valence-electron chi connectivity index (χ1n) is 7.72. The number of carbonyl (C=O) groups is 1. The van der Waals surface area contributed by atoms with E-state index >= 15 is 0 Å². The van der Waals surface area contributed by atoms with E-state index in [1.54, 1.807) is 0 Å². The van der Waals surface area contributed by atoms with Crippen molar-refractivity contribution in [2.75, 3.05) is 26.2 Å². The number of rotatable bonds is 8. The van der Waals surface area contributed by atoms with Gasteiger partial charge in [0.2, 0.25) is 10.0 Å². The van der Waals surface area contributed by atoms with Crippen molar-refractivity contribution in [1.82, 2.24) is 10.0 Å². The van der Waals surface area contributed by atoms with Crippen LogP contribution < -0.4 is 15.8 Å². The third kappa shape index (κ3) is 6.03. The van der Waals surface area contributed by atoms with E-state index in [4.69, 9.17) is 10.5 Å². The maximum Gasteiger partial charge on any atom is 0.251 e. The van der Waals surface area contributed by atoms with Crippen molar-refractivity contribution in [3.8, 4) is 0 Å². The summed E-state index contributed by atoms with van der Waals surface area (Å²) in [7, 11) is -3.59. The average molecular weight is 378 g/mol. The molecule has 1 aromatic carbocycles. The Morgan fingerprint density at radius 3 is 2.58 bits per heavy atom. The maximum atomic E-state index is 12.2. The van der Waals surface area contributed by atoms with E-state index in [2.05, 4.69) is 10.0 Å². The van der Waals surface area contributed by atoms with Crippen LogP contribution in [0.4, 0.5) is 0 Å². The van der Waals surface area contributed by atoms with Crippen LogP contribution in [0.25, 0.3) is 0 Å². The highest BCUT2D eigenvalue weighted by Crippen LogP contribution is 2.14. The van der Waals surface area contributed by atoms with Gasteiger partial charge in [-0.25, -0.2) is 13.1 Å². The molecule has 1 aromatic rings. The molecule has 1 aliphatic heterocycles. The highest BCUT2D eigenvalue weighted by atomic mass is 35.5. The summed E-state index contributed by atoms with van der Waals surface area (Å²) in [6.45, 7) is 1.95. The number of nitrogens with one attached hydrogen (secondary N) is 2. The molecule has 9 heteroatoms. The molecule has 24 heavy (non-hydrogen) atoms. The van der Waals surface area contributed by atoms with Gasteiger partial charge in [0, 0.05) is 25.3 Å². The van der Waals surface area contributed by atoms with Crippen molar-refractivity contribution in [3.05, 3.63) is 29.8 Å². The van der Waals surface area contributed by atoms with Crippen molar-refractivity contribution in [2.45, 2.75) is 30.3 Å². The van der Waals surface area contributed by atoms with E-state index in [0.29, 0.717) is 31.7 Å². The van der Waals surface area contributed by atoms with E-state index < -0.39 is 10.0 Å². The molecule has 1 heterocycles. The van der Waals surface area contributed by atoms with Crippen LogP contribution in [0.3, 0.4) is 0 Å². The molecule has 0 bridgehead atoms. The van der Waals surface area contributed by atoms with Crippen molar-refractivity contribution < 1.29 is 17.9 Å². The van der Waals surface area contributed by atoms with E-state index in [9.17, 15) is 13.2 Å². The second-order valence-electron chi connectivity index (χ2n) is 5.41. The van der Waals surface area contributed by atoms with Gasteiger partial charge in [0.25, 0.3) is 5.91 Å². The highest BCUT2D eigenvalue weighted by molar-refractivity contribution is 7.89. The zero-order valence-electron chi connectivity index (χ0n) is 13.4. The molecule has 0 saturated carbocycles. The quantitative estimate of drug-likeness (QED) is 0.576. The van der Waals surface area contributed by atoms with Gasteiger partial charge in [-0.05, 0) is 50.1 Å². The highest BCUT2D eigenvalue weighted by Gasteiger charge is 2.20. The van der Waals surface area contributed by atoms with Crippen LogP contribution in [0, 0.1) is 0 Å². The topological polar surface area (TPSA) is 111 Å². The SMILES string of the molecule is Cl.NCCCNC(=O)c1ccc(S(=O)(=O)NCC2CCCO2)cc1. The number of halogens is 1. The number of nitrogens with two attached hydrogens (primary N) is 1. The lowest BCUT2D eigenvalue weighted by Crippen LogP contribution is -2.32. The molecule has 0 radical (unpaired) electrons. The predicted molar refractivity (Wildman–Crippen MR) is 93.9 cm³/mol. The Kier molecular flexibility index (Phi) is 8.65. The molecule has 0 spiro atoms. The van der Waals surface area contributed by atoms with Crippen LogP contribution in [0.15, 0.2) is 29.2 Å². The smallest absolute Gasteiger partial charge is 0.251 e. The largest absolute Gasteiger partial charge is 0.377 e. The van der Waals surface area contributed by atoms with E-state index in [1.165, 1.54) is 24.3 Å². The Morgan fingerprint density at radius 1 is 1.29 bits per heavy atom. The molecule has 1 amide bonds. The van der Waals surface area contributed by atoms with Gasteiger partial charge in [0.05, 0.1) is 11.0 Å². The average Bonchev–Trinajstić information content (AvgIpc) is 3.07. The minimum absolute atomic E-state index is 0. The van der Waals surface area contributed by atoms with E-state index in [1.807, 2.05) is 0 Å². The Labute approximate surface area is 148 Å². The molecule has 136 valence electrons. The van der Waals surface area contributed by atoms with Gasteiger partial charge >= 0.3 is 0 Å². The third-order valence-electron chi connectivity index (χ3n) is 3.62. The van der Waals surface area contributed by atoms with Crippen molar-refractivity contribution in [1.29, 1.82) is 0 Å². The van der Waals surface area contributed by atoms with Crippen LogP contribution in [0.1, 0.15) is 29.6 Å². The first-order chi connectivity index (χ1) is 11.0. The van der Waals surface area contributed by atoms with E-state index in [0.717, 1.165) is 12.8 Å². The molecule has 1 unspecified atom stereocenters. The molecule has 1 saturated heterocycles. The third-order valence-corrected chi connectivity index (χ3v) is 5.06. The van der Waals surface area contributed by atoms with Gasteiger partial charge in [-0.2, -0.15) is 0 Å². The molecular weight excluding hydrogens is 354 g/mol. The second-order valence-corrected chi connectivity index (χ2v) is 7.18. The number of hydrogen-bond donors (Lipinski definition) is 3. The van der Waals surface area contributed by atoms with Crippen LogP contribution in [0.5, 0.6) is 0 Å². The van der Waals surface area contributed by atoms with Gasteiger partial charge in [-0.15, -0.1) is 12.4 Å². The number of benzene rings is 1. The fraction of sp³-hybridized carbons (Fsp3) is 0.533. The Bertz CT molecular complexity index is 616. The summed E-state index contributed by atoms with van der Waals surface area (Å²) in [5.74, 6) is -0.241. The summed E-state index contributed by atoms with van der Waals surface area (Å²) in [6, 6.07) is 5.85. The molecule has 0 aliphatic carbocycles. The maximum absolute atomic E-state index is 12.2. The van der Waals surface area contributed by atoms with Crippen molar-refractivity contribution in [2.24, 2.45) is 5.73 Å². The lowest BCUT2D eigenvalue weighted by atomic mass is 10.2. The summed E-state index contributed by atoms with van der Waals surface area (Å²) in [4.78, 5) is 12.0. The predicted octanol–water partition coefficient (Wildman–Crippen LogP) is 0.644. The molecule has 1 fully saturated rings. The first kappa shape index (κ1) is 20.9. The van der Waals surface area contributed by atoms with Gasteiger partial charge < -0.3 is 15.8 Å².